The zero-order valence-corrected chi connectivity index (χ0v) is 6.77. The minimum absolute atomic E-state index is 0.264. The summed E-state index contributed by atoms with van der Waals surface area (Å²) in [7, 11) is 0. The number of carboxylic acid groups (broad SMARTS) is 1. The average molecular weight is 174 g/mol. The Labute approximate surface area is 71.0 Å². The summed E-state index contributed by atoms with van der Waals surface area (Å²) in [5.74, 6) is -1.02. The lowest BCUT2D eigenvalue weighted by Crippen LogP contribution is -2.29. The van der Waals surface area contributed by atoms with Gasteiger partial charge in [-0.25, -0.2) is 0 Å². The highest BCUT2D eigenvalue weighted by atomic mass is 16.5. The van der Waals surface area contributed by atoms with Gasteiger partial charge < -0.3 is 21.3 Å². The van der Waals surface area contributed by atoms with Crippen molar-refractivity contribution in [2.45, 2.75) is 12.5 Å². The molecule has 0 aromatic heterocycles. The van der Waals surface area contributed by atoms with Crippen LogP contribution in [0.4, 0.5) is 0 Å². The van der Waals surface area contributed by atoms with E-state index in [9.17, 15) is 4.79 Å². The van der Waals surface area contributed by atoms with Crippen LogP contribution in [0.1, 0.15) is 6.42 Å². The summed E-state index contributed by atoms with van der Waals surface area (Å²) < 4.78 is 4.86. The summed E-state index contributed by atoms with van der Waals surface area (Å²) in [4.78, 5) is 10.2. The Morgan fingerprint density at radius 1 is 1.67 bits per heavy atom. The van der Waals surface area contributed by atoms with E-state index in [2.05, 4.69) is 0 Å². The predicted molar refractivity (Wildman–Crippen MR) is 44.4 cm³/mol. The Hall–Kier alpha value is -1.07. The van der Waals surface area contributed by atoms with Crippen LogP contribution in [0.15, 0.2) is 12.3 Å². The molecule has 0 saturated carbocycles. The summed E-state index contributed by atoms with van der Waals surface area (Å²) in [6, 6.07) is -0.859. The van der Waals surface area contributed by atoms with Crippen molar-refractivity contribution >= 4 is 5.97 Å². The molecule has 0 aliphatic heterocycles. The maximum atomic E-state index is 10.2. The van der Waals surface area contributed by atoms with Gasteiger partial charge in [-0.3, -0.25) is 4.79 Å². The fraction of sp³-hybridized carbons (Fsp3) is 0.571. The van der Waals surface area contributed by atoms with E-state index in [1.807, 2.05) is 0 Å². The Morgan fingerprint density at radius 3 is 2.83 bits per heavy atom. The minimum Gasteiger partial charge on any atom is -0.500 e. The first-order valence-electron chi connectivity index (χ1n) is 3.63. The van der Waals surface area contributed by atoms with Crippen molar-refractivity contribution in [1.29, 1.82) is 0 Å². The normalized spacial score (nSPS) is 13.2. The van der Waals surface area contributed by atoms with Crippen LogP contribution in [0.5, 0.6) is 0 Å². The van der Waals surface area contributed by atoms with Crippen LogP contribution in [0.25, 0.3) is 0 Å². The maximum Gasteiger partial charge on any atom is 0.320 e. The van der Waals surface area contributed by atoms with Crippen LogP contribution in [0.2, 0.25) is 0 Å². The average Bonchev–Trinajstić information content (AvgIpc) is 2.03. The van der Waals surface area contributed by atoms with Crippen LogP contribution in [0.3, 0.4) is 0 Å². The topological polar surface area (TPSA) is 98.6 Å². The van der Waals surface area contributed by atoms with E-state index in [0.29, 0.717) is 13.2 Å². The van der Waals surface area contributed by atoms with Gasteiger partial charge in [0.2, 0.25) is 0 Å². The number of hydrogen-bond acceptors (Lipinski definition) is 4. The van der Waals surface area contributed by atoms with Crippen LogP contribution < -0.4 is 11.5 Å². The van der Waals surface area contributed by atoms with Gasteiger partial charge >= 0.3 is 5.97 Å². The number of carbonyl (C=O) groups is 1. The fourth-order valence-corrected chi connectivity index (χ4v) is 0.507. The molecule has 0 aliphatic rings. The lowest BCUT2D eigenvalue weighted by molar-refractivity contribution is -0.138. The van der Waals surface area contributed by atoms with Crippen LogP contribution >= 0.6 is 0 Å². The van der Waals surface area contributed by atoms with Crippen molar-refractivity contribution in [2.75, 3.05) is 13.2 Å². The largest absolute Gasteiger partial charge is 0.500 e. The smallest absolute Gasteiger partial charge is 0.320 e. The van der Waals surface area contributed by atoms with Gasteiger partial charge in [-0.15, -0.1) is 0 Å². The summed E-state index contributed by atoms with van der Waals surface area (Å²) in [5.41, 5.74) is 10.3. The lowest BCUT2D eigenvalue weighted by Gasteiger charge is -2.00. The zero-order chi connectivity index (χ0) is 9.40. The molecular weight excluding hydrogens is 160 g/mol. The van der Waals surface area contributed by atoms with Crippen molar-refractivity contribution in [3.05, 3.63) is 12.3 Å². The highest BCUT2D eigenvalue weighted by Crippen LogP contribution is 1.90. The molecule has 0 spiro atoms. The van der Waals surface area contributed by atoms with Gasteiger partial charge in [0.15, 0.2) is 0 Å². The monoisotopic (exact) mass is 174 g/mol. The van der Waals surface area contributed by atoms with E-state index >= 15 is 0 Å². The second-order valence-electron chi connectivity index (χ2n) is 2.21. The van der Waals surface area contributed by atoms with Crippen molar-refractivity contribution in [3.8, 4) is 0 Å². The molecule has 0 aromatic carbocycles. The molecule has 12 heavy (non-hydrogen) atoms. The van der Waals surface area contributed by atoms with Crippen molar-refractivity contribution in [1.82, 2.24) is 0 Å². The van der Waals surface area contributed by atoms with Gasteiger partial charge in [0.25, 0.3) is 0 Å². The number of rotatable bonds is 6. The molecule has 5 nitrogen and oxygen atoms in total. The van der Waals surface area contributed by atoms with Crippen molar-refractivity contribution in [2.24, 2.45) is 11.5 Å². The van der Waals surface area contributed by atoms with Crippen LogP contribution in [0, 0.1) is 0 Å². The molecule has 0 rings (SSSR count). The summed E-state index contributed by atoms with van der Waals surface area (Å²) in [6.45, 7) is 0.869. The number of hydrogen-bond donors (Lipinski definition) is 3. The quantitative estimate of drug-likeness (QED) is 0.364. The Balaban J connectivity index is 3.40. The van der Waals surface area contributed by atoms with Gasteiger partial charge in [0.1, 0.15) is 6.04 Å². The Kier molecular flexibility index (Phi) is 6.04. The Morgan fingerprint density at radius 2 is 2.33 bits per heavy atom. The summed E-state index contributed by atoms with van der Waals surface area (Å²) in [6.07, 6.45) is 3.24. The third kappa shape index (κ3) is 5.70. The molecule has 0 fully saturated rings. The predicted octanol–water partition coefficient (Wildman–Crippen LogP) is -0.723. The molecule has 1 atom stereocenters. The standard InChI is InChI=1S/C7H14N2O3/c8-3-5-12-4-1-2-6(9)7(10)11/h1,4,6H,2-3,5,8-9H2,(H,10,11)/b4-1+/t6-/m0/s1. The fourth-order valence-electron chi connectivity index (χ4n) is 0.507. The van der Waals surface area contributed by atoms with E-state index in [4.69, 9.17) is 21.3 Å². The molecular formula is C7H14N2O3. The van der Waals surface area contributed by atoms with Gasteiger partial charge in [-0.2, -0.15) is 0 Å². The molecule has 5 N–H and O–H groups in total. The Bertz CT molecular complexity index is 159. The van der Waals surface area contributed by atoms with E-state index < -0.39 is 12.0 Å². The van der Waals surface area contributed by atoms with Crippen LogP contribution in [-0.4, -0.2) is 30.3 Å². The molecule has 0 heterocycles. The first-order chi connectivity index (χ1) is 5.68. The maximum absolute atomic E-state index is 10.2. The number of aliphatic carboxylic acids is 1. The van der Waals surface area contributed by atoms with Crippen LogP contribution in [-0.2, 0) is 9.53 Å². The molecule has 0 aromatic rings. The van der Waals surface area contributed by atoms with Crippen molar-refractivity contribution in [3.63, 3.8) is 0 Å². The van der Waals surface area contributed by atoms with E-state index in [-0.39, 0.29) is 6.42 Å². The number of nitrogens with two attached hydrogens (primary N) is 2. The van der Waals surface area contributed by atoms with Crippen molar-refractivity contribution < 1.29 is 14.6 Å². The highest BCUT2D eigenvalue weighted by Gasteiger charge is 2.07. The first-order valence-corrected chi connectivity index (χ1v) is 3.63. The molecule has 0 bridgehead atoms. The second-order valence-corrected chi connectivity index (χ2v) is 2.21. The molecule has 0 aliphatic carbocycles. The van der Waals surface area contributed by atoms with E-state index in [1.165, 1.54) is 6.26 Å². The van der Waals surface area contributed by atoms with Gasteiger partial charge in [-0.05, 0) is 12.5 Å². The zero-order valence-electron chi connectivity index (χ0n) is 6.77. The summed E-state index contributed by atoms with van der Waals surface area (Å²) in [5, 5.41) is 8.36. The number of ether oxygens (including phenoxy) is 1. The van der Waals surface area contributed by atoms with Gasteiger partial charge in [-0.1, -0.05) is 0 Å². The SMILES string of the molecule is NCCO/C=C/C[C@H](N)C(=O)O. The third-order valence-electron chi connectivity index (χ3n) is 1.14. The summed E-state index contributed by atoms with van der Waals surface area (Å²) >= 11 is 0. The number of carboxylic acids is 1. The second kappa shape index (κ2) is 6.63. The van der Waals surface area contributed by atoms with E-state index in [1.54, 1.807) is 6.08 Å². The molecule has 0 radical (unpaired) electrons. The molecule has 5 heteroatoms. The minimum atomic E-state index is -1.02. The molecule has 0 saturated heterocycles. The molecule has 70 valence electrons. The molecule has 0 unspecified atom stereocenters. The van der Waals surface area contributed by atoms with Gasteiger partial charge in [0, 0.05) is 6.54 Å². The molecule has 0 amide bonds. The first kappa shape index (κ1) is 10.9. The lowest BCUT2D eigenvalue weighted by atomic mass is 10.2. The third-order valence-corrected chi connectivity index (χ3v) is 1.14. The van der Waals surface area contributed by atoms with Gasteiger partial charge in [0.05, 0.1) is 12.9 Å². The highest BCUT2D eigenvalue weighted by molar-refractivity contribution is 5.73. The van der Waals surface area contributed by atoms with E-state index in [0.717, 1.165) is 0 Å².